The lowest BCUT2D eigenvalue weighted by molar-refractivity contribution is -0.252. The van der Waals surface area contributed by atoms with Gasteiger partial charge in [0.2, 0.25) is 0 Å². The van der Waals surface area contributed by atoms with Crippen LogP contribution in [-0.4, -0.2) is 29.7 Å². The molecule has 0 spiro atoms. The number of benzene rings is 3. The first kappa shape index (κ1) is 22.6. The van der Waals surface area contributed by atoms with E-state index in [9.17, 15) is 5.11 Å². The van der Waals surface area contributed by atoms with Crippen LogP contribution in [0.2, 0.25) is 0 Å². The van der Waals surface area contributed by atoms with E-state index in [0.717, 1.165) is 41.8 Å². The molecular formula is C27H32N2O3. The summed E-state index contributed by atoms with van der Waals surface area (Å²) < 4.78 is 12.8. The fourth-order valence-corrected chi connectivity index (χ4v) is 4.15. The molecule has 3 aromatic rings. The number of aliphatic hydroxyl groups excluding tert-OH is 1. The third kappa shape index (κ3) is 5.82. The lowest BCUT2D eigenvalue weighted by Gasteiger charge is -2.38. The number of aliphatic hydroxyl groups is 1. The Morgan fingerprint density at radius 1 is 0.844 bits per heavy atom. The Hall–Kier alpha value is -2.54. The minimum absolute atomic E-state index is 0.0270. The summed E-state index contributed by atoms with van der Waals surface area (Å²) in [5.41, 5.74) is 11.1. The van der Waals surface area contributed by atoms with Crippen LogP contribution in [0.25, 0.3) is 0 Å². The van der Waals surface area contributed by atoms with Crippen molar-refractivity contribution >= 4 is 0 Å². The molecular weight excluding hydrogens is 400 g/mol. The number of rotatable bonds is 8. The van der Waals surface area contributed by atoms with Crippen molar-refractivity contribution in [1.82, 2.24) is 4.90 Å². The second-order valence-corrected chi connectivity index (χ2v) is 8.48. The zero-order valence-corrected chi connectivity index (χ0v) is 18.6. The Labute approximate surface area is 190 Å². The van der Waals surface area contributed by atoms with Crippen molar-refractivity contribution in [3.63, 3.8) is 0 Å². The van der Waals surface area contributed by atoms with Crippen molar-refractivity contribution in [1.29, 1.82) is 0 Å². The molecule has 1 aliphatic heterocycles. The maximum atomic E-state index is 9.37. The molecule has 3 atom stereocenters. The van der Waals surface area contributed by atoms with E-state index in [1.165, 1.54) is 5.56 Å². The molecule has 0 amide bonds. The summed E-state index contributed by atoms with van der Waals surface area (Å²) in [7, 11) is 2.13. The number of nitrogens with zero attached hydrogens (tertiary/aromatic N) is 1. The van der Waals surface area contributed by atoms with Crippen LogP contribution in [0.4, 0.5) is 0 Å². The standard InChI is InChI=1S/C27H32N2O3/c1-29(17-21-5-3-2-4-6-21)18-25-15-26(23-11-9-22(19-30)10-12-23)32-27(31-25)24-13-7-20(16-28)8-14-24/h2-14,25-27,30H,15-19,28H2,1H3. The fourth-order valence-electron chi connectivity index (χ4n) is 4.15. The van der Waals surface area contributed by atoms with E-state index in [1.807, 2.05) is 54.6 Å². The normalized spacial score (nSPS) is 21.1. The lowest BCUT2D eigenvalue weighted by Crippen LogP contribution is -2.37. The van der Waals surface area contributed by atoms with Crippen molar-refractivity contribution in [2.75, 3.05) is 13.6 Å². The molecule has 3 N–H and O–H groups in total. The van der Waals surface area contributed by atoms with Gasteiger partial charge in [0.1, 0.15) is 0 Å². The SMILES string of the molecule is CN(Cc1ccccc1)CC1CC(c2ccc(CO)cc2)OC(c2ccc(CN)cc2)O1. The van der Waals surface area contributed by atoms with Gasteiger partial charge in [-0.05, 0) is 29.3 Å². The molecule has 5 nitrogen and oxygen atoms in total. The van der Waals surface area contributed by atoms with E-state index in [-0.39, 0.29) is 18.8 Å². The first-order valence-corrected chi connectivity index (χ1v) is 11.2. The summed E-state index contributed by atoms with van der Waals surface area (Å²) in [6.07, 6.45) is 0.285. The molecule has 0 saturated carbocycles. The van der Waals surface area contributed by atoms with Crippen LogP contribution in [0, 0.1) is 0 Å². The van der Waals surface area contributed by atoms with Gasteiger partial charge in [-0.3, -0.25) is 4.90 Å². The van der Waals surface area contributed by atoms with Gasteiger partial charge in [0.05, 0.1) is 18.8 Å². The van der Waals surface area contributed by atoms with Gasteiger partial charge in [0.15, 0.2) is 6.29 Å². The van der Waals surface area contributed by atoms with Crippen LogP contribution in [0.1, 0.15) is 46.6 Å². The van der Waals surface area contributed by atoms with E-state index in [2.05, 4.69) is 36.2 Å². The van der Waals surface area contributed by atoms with Gasteiger partial charge < -0.3 is 20.3 Å². The van der Waals surface area contributed by atoms with E-state index < -0.39 is 6.29 Å². The van der Waals surface area contributed by atoms with Crippen LogP contribution in [0.5, 0.6) is 0 Å². The molecule has 3 unspecified atom stereocenters. The van der Waals surface area contributed by atoms with Crippen LogP contribution in [0.15, 0.2) is 78.9 Å². The number of likely N-dealkylation sites (N-methyl/N-ethyl adjacent to an activating group) is 1. The van der Waals surface area contributed by atoms with Crippen LogP contribution < -0.4 is 5.73 Å². The van der Waals surface area contributed by atoms with Gasteiger partial charge >= 0.3 is 0 Å². The van der Waals surface area contributed by atoms with E-state index in [4.69, 9.17) is 15.2 Å². The van der Waals surface area contributed by atoms with Crippen molar-refractivity contribution in [3.8, 4) is 0 Å². The predicted octanol–water partition coefficient (Wildman–Crippen LogP) is 4.32. The van der Waals surface area contributed by atoms with E-state index in [0.29, 0.717) is 6.54 Å². The number of hydrogen-bond donors (Lipinski definition) is 2. The van der Waals surface area contributed by atoms with Crippen molar-refractivity contribution in [2.24, 2.45) is 5.73 Å². The minimum Gasteiger partial charge on any atom is -0.392 e. The van der Waals surface area contributed by atoms with Gasteiger partial charge in [-0.1, -0.05) is 78.9 Å². The summed E-state index contributed by atoms with van der Waals surface area (Å²) >= 11 is 0. The number of nitrogens with two attached hydrogens (primary N) is 1. The molecule has 32 heavy (non-hydrogen) atoms. The first-order valence-electron chi connectivity index (χ1n) is 11.2. The van der Waals surface area contributed by atoms with Crippen LogP contribution in [0.3, 0.4) is 0 Å². The summed E-state index contributed by atoms with van der Waals surface area (Å²) in [6.45, 7) is 2.23. The molecule has 1 saturated heterocycles. The van der Waals surface area contributed by atoms with Crippen molar-refractivity contribution in [3.05, 3.63) is 107 Å². The van der Waals surface area contributed by atoms with Gasteiger partial charge in [0, 0.05) is 31.6 Å². The highest BCUT2D eigenvalue weighted by Gasteiger charge is 2.32. The molecule has 0 radical (unpaired) electrons. The average Bonchev–Trinajstić information content (AvgIpc) is 2.84. The summed E-state index contributed by atoms with van der Waals surface area (Å²) in [6, 6.07) is 26.6. The van der Waals surface area contributed by atoms with E-state index >= 15 is 0 Å². The third-order valence-corrected chi connectivity index (χ3v) is 5.91. The zero-order valence-electron chi connectivity index (χ0n) is 18.6. The second-order valence-electron chi connectivity index (χ2n) is 8.48. The molecule has 1 fully saturated rings. The third-order valence-electron chi connectivity index (χ3n) is 5.91. The summed E-state index contributed by atoms with van der Waals surface area (Å²) in [4.78, 5) is 2.30. The molecule has 0 aromatic heterocycles. The van der Waals surface area contributed by atoms with Crippen molar-refractivity contribution in [2.45, 2.75) is 44.6 Å². The highest BCUT2D eigenvalue weighted by Crippen LogP contribution is 2.38. The molecule has 1 heterocycles. The topological polar surface area (TPSA) is 68.0 Å². The predicted molar refractivity (Wildman–Crippen MR) is 126 cm³/mol. The van der Waals surface area contributed by atoms with Gasteiger partial charge in [0.25, 0.3) is 0 Å². The van der Waals surface area contributed by atoms with Crippen LogP contribution >= 0.6 is 0 Å². The largest absolute Gasteiger partial charge is 0.392 e. The minimum atomic E-state index is -0.437. The first-order chi connectivity index (χ1) is 15.6. The molecule has 4 rings (SSSR count). The molecule has 0 aliphatic carbocycles. The second kappa shape index (κ2) is 10.9. The number of hydrogen-bond acceptors (Lipinski definition) is 5. The van der Waals surface area contributed by atoms with E-state index in [1.54, 1.807) is 0 Å². The zero-order chi connectivity index (χ0) is 22.3. The van der Waals surface area contributed by atoms with Crippen molar-refractivity contribution < 1.29 is 14.6 Å². The quantitative estimate of drug-likeness (QED) is 0.555. The molecule has 168 valence electrons. The highest BCUT2D eigenvalue weighted by molar-refractivity contribution is 5.26. The van der Waals surface area contributed by atoms with Crippen LogP contribution in [-0.2, 0) is 29.2 Å². The lowest BCUT2D eigenvalue weighted by atomic mass is 9.99. The Morgan fingerprint density at radius 3 is 2.16 bits per heavy atom. The average molecular weight is 433 g/mol. The van der Waals surface area contributed by atoms with Gasteiger partial charge in [-0.25, -0.2) is 0 Å². The molecule has 1 aliphatic rings. The molecule has 3 aromatic carbocycles. The summed E-state index contributed by atoms with van der Waals surface area (Å²) in [5, 5.41) is 9.37. The number of ether oxygens (including phenoxy) is 2. The molecule has 0 bridgehead atoms. The Bertz CT molecular complexity index is 905. The Balaban J connectivity index is 1.51. The highest BCUT2D eigenvalue weighted by atomic mass is 16.7. The maximum absolute atomic E-state index is 9.37. The maximum Gasteiger partial charge on any atom is 0.184 e. The molecule has 5 heteroatoms. The Kier molecular flexibility index (Phi) is 7.68. The fraction of sp³-hybridized carbons (Fsp3) is 0.333. The van der Waals surface area contributed by atoms with Gasteiger partial charge in [-0.15, -0.1) is 0 Å². The summed E-state index contributed by atoms with van der Waals surface area (Å²) in [5.74, 6) is 0. The van der Waals surface area contributed by atoms with Gasteiger partial charge in [-0.2, -0.15) is 0 Å². The smallest absolute Gasteiger partial charge is 0.184 e. The Morgan fingerprint density at radius 2 is 1.50 bits per heavy atom. The monoisotopic (exact) mass is 432 g/mol.